The fourth-order valence-corrected chi connectivity index (χ4v) is 3.21. The van der Waals surface area contributed by atoms with E-state index in [-0.39, 0.29) is 18.2 Å². The number of nitrogens with one attached hydrogen (secondary N) is 1. The second-order valence-corrected chi connectivity index (χ2v) is 6.75. The van der Waals surface area contributed by atoms with E-state index in [0.29, 0.717) is 23.7 Å². The molecular weight excluding hydrogens is 344 g/mol. The minimum absolute atomic E-state index is 0.0389. The van der Waals surface area contributed by atoms with Crippen molar-refractivity contribution >= 4 is 23.2 Å². The van der Waals surface area contributed by atoms with Gasteiger partial charge in [0.15, 0.2) is 11.5 Å². The number of ether oxygens (including phenoxy) is 2. The second-order valence-electron chi connectivity index (χ2n) is 6.75. The molecule has 0 aromatic heterocycles. The van der Waals surface area contributed by atoms with E-state index in [1.165, 1.54) is 0 Å². The minimum Gasteiger partial charge on any atom is -0.493 e. The summed E-state index contributed by atoms with van der Waals surface area (Å²) >= 11 is 0. The summed E-state index contributed by atoms with van der Waals surface area (Å²) in [4.78, 5) is 26.8. The fraction of sp³-hybridized carbons (Fsp3) is 0.333. The highest BCUT2D eigenvalue weighted by molar-refractivity contribution is 6.03. The third kappa shape index (κ3) is 3.89. The van der Waals surface area contributed by atoms with Gasteiger partial charge in [-0.1, -0.05) is 17.7 Å². The van der Waals surface area contributed by atoms with E-state index >= 15 is 0 Å². The van der Waals surface area contributed by atoms with Gasteiger partial charge >= 0.3 is 0 Å². The van der Waals surface area contributed by atoms with Crippen LogP contribution in [-0.2, 0) is 9.59 Å². The Kier molecular flexibility index (Phi) is 5.35. The van der Waals surface area contributed by atoms with Crippen LogP contribution in [0.25, 0.3) is 0 Å². The molecule has 0 unspecified atom stereocenters. The van der Waals surface area contributed by atoms with Crippen LogP contribution < -0.4 is 19.7 Å². The van der Waals surface area contributed by atoms with Crippen molar-refractivity contribution < 1.29 is 19.1 Å². The highest BCUT2D eigenvalue weighted by Gasteiger charge is 2.35. The van der Waals surface area contributed by atoms with Crippen molar-refractivity contribution in [3.63, 3.8) is 0 Å². The van der Waals surface area contributed by atoms with Crippen LogP contribution in [0.5, 0.6) is 11.5 Å². The van der Waals surface area contributed by atoms with Crippen LogP contribution in [0.3, 0.4) is 0 Å². The lowest BCUT2D eigenvalue weighted by atomic mass is 10.1. The van der Waals surface area contributed by atoms with Crippen LogP contribution >= 0.6 is 0 Å². The Morgan fingerprint density at radius 2 is 1.70 bits per heavy atom. The molecule has 6 nitrogen and oxygen atoms in total. The summed E-state index contributed by atoms with van der Waals surface area (Å²) in [5.74, 6) is 0.541. The van der Waals surface area contributed by atoms with Crippen molar-refractivity contribution in [2.75, 3.05) is 31.0 Å². The maximum atomic E-state index is 12.7. The van der Waals surface area contributed by atoms with E-state index < -0.39 is 5.92 Å². The lowest BCUT2D eigenvalue weighted by molar-refractivity contribution is -0.122. The first-order chi connectivity index (χ1) is 12.9. The van der Waals surface area contributed by atoms with Crippen molar-refractivity contribution in [2.45, 2.75) is 20.3 Å². The highest BCUT2D eigenvalue weighted by atomic mass is 16.5. The summed E-state index contributed by atoms with van der Waals surface area (Å²) in [6, 6.07) is 11.3. The molecule has 0 saturated carbocycles. The molecule has 0 radical (unpaired) electrons. The zero-order valence-corrected chi connectivity index (χ0v) is 16.0. The molecule has 0 aliphatic carbocycles. The standard InChI is InChI=1S/C21H24N2O4/c1-13-5-7-16(8-6-13)23-12-15(10-20(23)24)21(25)22-17-11-19(27-4)18(26-3)9-14(17)2/h5-9,11,15H,10,12H2,1-4H3,(H,22,25)/t15-/m1/s1. The summed E-state index contributed by atoms with van der Waals surface area (Å²) < 4.78 is 10.6. The minimum atomic E-state index is -0.397. The van der Waals surface area contributed by atoms with Gasteiger partial charge in [-0.15, -0.1) is 0 Å². The monoisotopic (exact) mass is 368 g/mol. The average molecular weight is 368 g/mol. The van der Waals surface area contributed by atoms with Crippen LogP contribution in [0, 0.1) is 19.8 Å². The van der Waals surface area contributed by atoms with Gasteiger partial charge in [-0.2, -0.15) is 0 Å². The molecule has 6 heteroatoms. The molecular formula is C21H24N2O4. The number of rotatable bonds is 5. The van der Waals surface area contributed by atoms with Crippen molar-refractivity contribution in [2.24, 2.45) is 5.92 Å². The van der Waals surface area contributed by atoms with Crippen molar-refractivity contribution in [3.05, 3.63) is 47.5 Å². The lowest BCUT2D eigenvalue weighted by Gasteiger charge is -2.18. The maximum absolute atomic E-state index is 12.7. The Morgan fingerprint density at radius 3 is 2.33 bits per heavy atom. The van der Waals surface area contributed by atoms with E-state index in [4.69, 9.17) is 9.47 Å². The topological polar surface area (TPSA) is 67.9 Å². The molecule has 1 atom stereocenters. The number of carbonyl (C=O) groups is 2. The third-order valence-corrected chi connectivity index (χ3v) is 4.83. The molecule has 142 valence electrons. The van der Waals surface area contributed by atoms with Gasteiger partial charge in [0.2, 0.25) is 11.8 Å². The van der Waals surface area contributed by atoms with E-state index in [0.717, 1.165) is 16.8 Å². The van der Waals surface area contributed by atoms with Gasteiger partial charge < -0.3 is 19.7 Å². The van der Waals surface area contributed by atoms with E-state index in [9.17, 15) is 9.59 Å². The average Bonchev–Trinajstić information content (AvgIpc) is 3.05. The first kappa shape index (κ1) is 18.8. The number of nitrogens with zero attached hydrogens (tertiary/aromatic N) is 1. The van der Waals surface area contributed by atoms with Crippen molar-refractivity contribution in [3.8, 4) is 11.5 Å². The van der Waals surface area contributed by atoms with Crippen LogP contribution in [0.4, 0.5) is 11.4 Å². The van der Waals surface area contributed by atoms with Crippen LogP contribution in [-0.4, -0.2) is 32.6 Å². The Hall–Kier alpha value is -3.02. The quantitative estimate of drug-likeness (QED) is 0.879. The molecule has 1 saturated heterocycles. The zero-order chi connectivity index (χ0) is 19.6. The van der Waals surface area contributed by atoms with E-state index in [1.807, 2.05) is 44.2 Å². The lowest BCUT2D eigenvalue weighted by Crippen LogP contribution is -2.28. The number of hydrogen-bond acceptors (Lipinski definition) is 4. The molecule has 2 aromatic carbocycles. The number of methoxy groups -OCH3 is 2. The van der Waals surface area contributed by atoms with Gasteiger partial charge in [-0.25, -0.2) is 0 Å². The zero-order valence-electron chi connectivity index (χ0n) is 16.0. The predicted octanol–water partition coefficient (Wildman–Crippen LogP) is 3.31. The molecule has 2 aromatic rings. The third-order valence-electron chi connectivity index (χ3n) is 4.83. The Balaban J connectivity index is 1.74. The number of aryl methyl sites for hydroxylation is 2. The molecule has 1 aliphatic rings. The molecule has 0 spiro atoms. The van der Waals surface area contributed by atoms with Gasteiger partial charge in [0.05, 0.1) is 20.1 Å². The summed E-state index contributed by atoms with van der Waals surface area (Å²) in [6.45, 7) is 4.26. The smallest absolute Gasteiger partial charge is 0.229 e. The number of hydrogen-bond donors (Lipinski definition) is 1. The van der Waals surface area contributed by atoms with Crippen LogP contribution in [0.15, 0.2) is 36.4 Å². The first-order valence-electron chi connectivity index (χ1n) is 8.83. The maximum Gasteiger partial charge on any atom is 0.229 e. The first-order valence-corrected chi connectivity index (χ1v) is 8.83. The van der Waals surface area contributed by atoms with Crippen LogP contribution in [0.2, 0.25) is 0 Å². The molecule has 1 fully saturated rings. The van der Waals surface area contributed by atoms with Gasteiger partial charge in [0.1, 0.15) is 0 Å². The molecule has 1 aliphatic heterocycles. The SMILES string of the molecule is COc1cc(C)c(NC(=O)[C@@H]2CC(=O)N(c3ccc(C)cc3)C2)cc1OC. The fourth-order valence-electron chi connectivity index (χ4n) is 3.21. The molecule has 27 heavy (non-hydrogen) atoms. The molecule has 3 rings (SSSR count). The number of benzene rings is 2. The summed E-state index contributed by atoms with van der Waals surface area (Å²) in [7, 11) is 3.12. The Morgan fingerprint density at radius 1 is 1.07 bits per heavy atom. The van der Waals surface area contributed by atoms with Crippen molar-refractivity contribution in [1.82, 2.24) is 0 Å². The van der Waals surface area contributed by atoms with Gasteiger partial charge in [0, 0.05) is 30.4 Å². The van der Waals surface area contributed by atoms with Gasteiger partial charge in [-0.05, 0) is 37.6 Å². The van der Waals surface area contributed by atoms with E-state index in [1.54, 1.807) is 25.2 Å². The highest BCUT2D eigenvalue weighted by Crippen LogP contribution is 2.33. The Bertz CT molecular complexity index is 861. The van der Waals surface area contributed by atoms with Gasteiger partial charge in [0.25, 0.3) is 0 Å². The largest absolute Gasteiger partial charge is 0.493 e. The molecule has 0 bridgehead atoms. The summed E-state index contributed by atoms with van der Waals surface area (Å²) in [5, 5.41) is 2.93. The number of carbonyl (C=O) groups excluding carboxylic acids is 2. The molecule has 1 heterocycles. The van der Waals surface area contributed by atoms with Crippen LogP contribution in [0.1, 0.15) is 17.5 Å². The normalized spacial score (nSPS) is 16.4. The number of amides is 2. The second kappa shape index (κ2) is 7.70. The summed E-state index contributed by atoms with van der Waals surface area (Å²) in [5.41, 5.74) is 3.46. The number of anilines is 2. The van der Waals surface area contributed by atoms with E-state index in [2.05, 4.69) is 5.32 Å². The predicted molar refractivity (Wildman–Crippen MR) is 105 cm³/mol. The van der Waals surface area contributed by atoms with Crippen molar-refractivity contribution in [1.29, 1.82) is 0 Å². The Labute approximate surface area is 159 Å². The molecule has 2 amide bonds. The molecule has 1 N–H and O–H groups in total. The summed E-state index contributed by atoms with van der Waals surface area (Å²) in [6.07, 6.45) is 0.200. The van der Waals surface area contributed by atoms with Gasteiger partial charge in [-0.3, -0.25) is 9.59 Å².